The van der Waals surface area contributed by atoms with E-state index >= 15 is 0 Å². The quantitative estimate of drug-likeness (QED) is 0.243. The maximum atomic E-state index is 11.3. The molecule has 0 unspecified atom stereocenters. The minimum Gasteiger partial charge on any atom is -0.455 e. The van der Waals surface area contributed by atoms with Gasteiger partial charge in [-0.3, -0.25) is 4.79 Å². The summed E-state index contributed by atoms with van der Waals surface area (Å²) in [5.74, 6) is -0.603. The average molecular weight is 238 g/mol. The maximum Gasteiger partial charge on any atom is 0.331 e. The number of ether oxygens (including phenoxy) is 2. The highest BCUT2D eigenvalue weighted by Gasteiger charge is 2.03. The van der Waals surface area contributed by atoms with Crippen LogP contribution in [0.4, 0.5) is 0 Å². The minimum absolute atomic E-state index is 0.278. The molecule has 0 N–H and O–H groups in total. The van der Waals surface area contributed by atoms with Gasteiger partial charge in [0.1, 0.15) is 11.9 Å². The van der Waals surface area contributed by atoms with Gasteiger partial charge in [-0.2, -0.15) is 0 Å². The van der Waals surface area contributed by atoms with E-state index in [1.807, 2.05) is 6.92 Å². The summed E-state index contributed by atoms with van der Waals surface area (Å²) < 4.78 is 9.83. The molecule has 0 saturated carbocycles. The van der Waals surface area contributed by atoms with Gasteiger partial charge in [0, 0.05) is 13.0 Å². The van der Waals surface area contributed by atoms with Crippen LogP contribution < -0.4 is 0 Å². The summed E-state index contributed by atoms with van der Waals surface area (Å²) in [4.78, 5) is 22.0. The standard InChI is InChI=1S/C13H18O4/c1-5-7-10(3)16-13(15)9-8-12(6-2)17-11(4)14/h5-10H,1-4H3/b7-5-,9-8+,12-6-/t10-/m1/s1. The average Bonchev–Trinajstić information content (AvgIpc) is 2.23. The van der Waals surface area contributed by atoms with Crippen LogP contribution in [0.25, 0.3) is 0 Å². The highest BCUT2D eigenvalue weighted by atomic mass is 16.5. The summed E-state index contributed by atoms with van der Waals surface area (Å²) in [6.07, 6.45) is 7.48. The van der Waals surface area contributed by atoms with Crippen LogP contribution in [0.5, 0.6) is 0 Å². The fraction of sp³-hybridized carbons (Fsp3) is 0.385. The topological polar surface area (TPSA) is 52.6 Å². The molecule has 94 valence electrons. The van der Waals surface area contributed by atoms with E-state index < -0.39 is 11.9 Å². The van der Waals surface area contributed by atoms with Gasteiger partial charge >= 0.3 is 11.9 Å². The summed E-state index contributed by atoms with van der Waals surface area (Å²) in [5.41, 5.74) is 0. The third kappa shape index (κ3) is 8.02. The monoisotopic (exact) mass is 238 g/mol. The lowest BCUT2D eigenvalue weighted by Gasteiger charge is -2.06. The largest absolute Gasteiger partial charge is 0.455 e. The number of esters is 2. The number of rotatable bonds is 5. The minimum atomic E-state index is -0.484. The van der Waals surface area contributed by atoms with Gasteiger partial charge in [-0.15, -0.1) is 0 Å². The van der Waals surface area contributed by atoms with Crippen molar-refractivity contribution in [2.45, 2.75) is 33.8 Å². The first-order valence-electron chi connectivity index (χ1n) is 5.35. The van der Waals surface area contributed by atoms with Crippen LogP contribution in [-0.4, -0.2) is 18.0 Å². The van der Waals surface area contributed by atoms with E-state index in [0.717, 1.165) is 0 Å². The van der Waals surface area contributed by atoms with Gasteiger partial charge in [0.05, 0.1) is 0 Å². The fourth-order valence-electron chi connectivity index (χ4n) is 1.04. The highest BCUT2D eigenvalue weighted by Crippen LogP contribution is 2.01. The van der Waals surface area contributed by atoms with E-state index in [1.54, 1.807) is 32.1 Å². The van der Waals surface area contributed by atoms with E-state index in [0.29, 0.717) is 5.76 Å². The Hall–Kier alpha value is -1.84. The molecule has 4 nitrogen and oxygen atoms in total. The third-order valence-electron chi connectivity index (χ3n) is 1.70. The van der Waals surface area contributed by atoms with Crippen molar-refractivity contribution >= 4 is 11.9 Å². The van der Waals surface area contributed by atoms with Crippen molar-refractivity contribution in [2.24, 2.45) is 0 Å². The van der Waals surface area contributed by atoms with Gasteiger partial charge in [-0.05, 0) is 39.0 Å². The van der Waals surface area contributed by atoms with Crippen molar-refractivity contribution in [1.82, 2.24) is 0 Å². The lowest BCUT2D eigenvalue weighted by molar-refractivity contribution is -0.140. The van der Waals surface area contributed by atoms with Crippen molar-refractivity contribution in [3.63, 3.8) is 0 Å². The summed E-state index contributed by atoms with van der Waals surface area (Å²) in [5, 5.41) is 0. The van der Waals surface area contributed by atoms with Crippen LogP contribution in [-0.2, 0) is 19.1 Å². The van der Waals surface area contributed by atoms with Crippen LogP contribution >= 0.6 is 0 Å². The van der Waals surface area contributed by atoms with Crippen molar-refractivity contribution in [3.05, 3.63) is 36.1 Å². The Bertz CT molecular complexity index is 350. The van der Waals surface area contributed by atoms with Crippen molar-refractivity contribution in [2.75, 3.05) is 0 Å². The van der Waals surface area contributed by atoms with Crippen molar-refractivity contribution in [3.8, 4) is 0 Å². The van der Waals surface area contributed by atoms with Crippen LogP contribution in [0.3, 0.4) is 0 Å². The van der Waals surface area contributed by atoms with Gasteiger partial charge in [-0.25, -0.2) is 4.79 Å². The summed E-state index contributed by atoms with van der Waals surface area (Å²) >= 11 is 0. The highest BCUT2D eigenvalue weighted by molar-refractivity contribution is 5.82. The molecule has 1 atom stereocenters. The molecule has 0 radical (unpaired) electrons. The number of allylic oxidation sites excluding steroid dienone is 3. The molecule has 4 heteroatoms. The van der Waals surface area contributed by atoms with E-state index in [-0.39, 0.29) is 6.10 Å². The summed E-state index contributed by atoms with van der Waals surface area (Å²) in [6.45, 7) is 6.60. The predicted octanol–water partition coefficient (Wildman–Crippen LogP) is 2.52. The number of hydrogen-bond donors (Lipinski definition) is 0. The first-order chi connectivity index (χ1) is 7.99. The summed E-state index contributed by atoms with van der Waals surface area (Å²) in [6, 6.07) is 0. The van der Waals surface area contributed by atoms with E-state index in [1.165, 1.54) is 19.1 Å². The predicted molar refractivity (Wildman–Crippen MR) is 65.0 cm³/mol. The molecule has 0 amide bonds. The van der Waals surface area contributed by atoms with Gasteiger partial charge in [-0.1, -0.05) is 6.08 Å². The zero-order valence-corrected chi connectivity index (χ0v) is 10.6. The SMILES string of the molecule is C/C=C\[C@@H](C)OC(=O)/C=C/C(=C/C)OC(C)=O. The second-order valence-corrected chi connectivity index (χ2v) is 3.29. The second-order valence-electron chi connectivity index (χ2n) is 3.29. The van der Waals surface area contributed by atoms with Crippen LogP contribution in [0.2, 0.25) is 0 Å². The molecular weight excluding hydrogens is 220 g/mol. The van der Waals surface area contributed by atoms with Crippen LogP contribution in [0.15, 0.2) is 36.1 Å². The lowest BCUT2D eigenvalue weighted by Crippen LogP contribution is -2.10. The Balaban J connectivity index is 4.31. The van der Waals surface area contributed by atoms with Crippen LogP contribution in [0.1, 0.15) is 27.7 Å². The first kappa shape index (κ1) is 15.2. The molecule has 0 aromatic rings. The molecule has 0 aromatic heterocycles. The Morgan fingerprint density at radius 2 is 1.82 bits per heavy atom. The zero-order chi connectivity index (χ0) is 13.3. The third-order valence-corrected chi connectivity index (χ3v) is 1.70. The van der Waals surface area contributed by atoms with Gasteiger partial charge < -0.3 is 9.47 Å². The Kier molecular flexibility index (Phi) is 7.43. The number of hydrogen-bond acceptors (Lipinski definition) is 4. The molecule has 0 bridgehead atoms. The van der Waals surface area contributed by atoms with E-state index in [4.69, 9.17) is 9.47 Å². The zero-order valence-electron chi connectivity index (χ0n) is 10.6. The normalized spacial score (nSPS) is 14.0. The second kappa shape index (κ2) is 8.33. The molecule has 0 rings (SSSR count). The van der Waals surface area contributed by atoms with Gasteiger partial charge in [0.2, 0.25) is 0 Å². The molecule has 0 fully saturated rings. The number of carbonyl (C=O) groups is 2. The van der Waals surface area contributed by atoms with Gasteiger partial charge in [0.15, 0.2) is 0 Å². The summed E-state index contributed by atoms with van der Waals surface area (Å²) in [7, 11) is 0. The van der Waals surface area contributed by atoms with Crippen LogP contribution in [0, 0.1) is 0 Å². The smallest absolute Gasteiger partial charge is 0.331 e. The van der Waals surface area contributed by atoms with E-state index in [2.05, 4.69) is 0 Å². The molecular formula is C13H18O4. The number of carbonyl (C=O) groups excluding carboxylic acids is 2. The fourth-order valence-corrected chi connectivity index (χ4v) is 1.04. The Morgan fingerprint density at radius 1 is 1.18 bits per heavy atom. The lowest BCUT2D eigenvalue weighted by atomic mass is 10.3. The molecule has 0 aliphatic rings. The molecule has 0 aromatic carbocycles. The molecule has 0 saturated heterocycles. The van der Waals surface area contributed by atoms with E-state index in [9.17, 15) is 9.59 Å². The molecule has 0 heterocycles. The van der Waals surface area contributed by atoms with Crippen molar-refractivity contribution < 1.29 is 19.1 Å². The first-order valence-corrected chi connectivity index (χ1v) is 5.35. The van der Waals surface area contributed by atoms with Crippen molar-refractivity contribution in [1.29, 1.82) is 0 Å². The van der Waals surface area contributed by atoms with Gasteiger partial charge in [0.25, 0.3) is 0 Å². The maximum absolute atomic E-state index is 11.3. The molecule has 0 spiro atoms. The molecule has 17 heavy (non-hydrogen) atoms. The molecule has 0 aliphatic heterocycles. The Labute approximate surface area is 102 Å². The Morgan fingerprint density at radius 3 is 2.29 bits per heavy atom. The molecule has 0 aliphatic carbocycles.